The highest BCUT2D eigenvalue weighted by molar-refractivity contribution is 14.0. The highest BCUT2D eigenvalue weighted by atomic mass is 127. The summed E-state index contributed by atoms with van der Waals surface area (Å²) in [5.41, 5.74) is 66.7. The van der Waals surface area contributed by atoms with Gasteiger partial charge in [-0.1, -0.05) is 174 Å². The molecule has 1 aliphatic heterocycles. The number of hydrogen-bond donors (Lipinski definition) is 20. The van der Waals surface area contributed by atoms with Gasteiger partial charge in [0.1, 0.15) is 0 Å². The summed E-state index contributed by atoms with van der Waals surface area (Å²) in [4.78, 5) is 18.0. The molecule has 15 atom stereocenters. The van der Waals surface area contributed by atoms with Gasteiger partial charge in [0.25, 0.3) is 0 Å². The number of nitrogens with one attached hydrogen (secondary N) is 2. The molecule has 1 heterocycles. The van der Waals surface area contributed by atoms with Crippen molar-refractivity contribution in [2.24, 2.45) is 152 Å². The molecule has 32 N–H and O–H groups in total. The van der Waals surface area contributed by atoms with Gasteiger partial charge in [0, 0.05) is 13.1 Å². The van der Waals surface area contributed by atoms with Crippen molar-refractivity contribution in [3.8, 4) is 0 Å². The van der Waals surface area contributed by atoms with Crippen molar-refractivity contribution in [1.82, 2.24) is 10.6 Å². The minimum Gasteiger partial charge on any atom is -0.390 e. The quantitative estimate of drug-likeness (QED) is 0.00886. The predicted molar refractivity (Wildman–Crippen MR) is 444 cm³/mol. The summed E-state index contributed by atoms with van der Waals surface area (Å²) >= 11 is 5.27. The second-order valence-corrected chi connectivity index (χ2v) is 25.7. The van der Waals surface area contributed by atoms with Crippen LogP contribution in [0.1, 0.15) is 194 Å². The highest BCUT2D eigenvalue weighted by Crippen LogP contribution is 2.18. The molecule has 0 aromatic rings. The monoisotopic (exact) mass is 1690 g/mol. The Bertz CT molecular complexity index is 1160. The van der Waals surface area contributed by atoms with Crippen LogP contribution in [0.25, 0.3) is 0 Å². The first-order chi connectivity index (χ1) is 47.2. The van der Waals surface area contributed by atoms with Gasteiger partial charge in [0.2, 0.25) is 0 Å². The zero-order valence-corrected chi connectivity index (χ0v) is 72.3. The van der Waals surface area contributed by atoms with Crippen molar-refractivity contribution in [2.45, 2.75) is 206 Å². The van der Waals surface area contributed by atoms with Gasteiger partial charge in [-0.05, 0) is 219 Å². The number of hydrogen-bond acceptors (Lipinski definition) is 31. The number of rotatable bonds is 47. The summed E-state index contributed by atoms with van der Waals surface area (Å²) in [5.74, 6) is 9.66. The topological polar surface area (TPSA) is 563 Å². The molecule has 31 nitrogen and oxygen atoms in total. The Labute approximate surface area is 663 Å². The van der Waals surface area contributed by atoms with Crippen molar-refractivity contribution in [3.05, 3.63) is 0 Å². The Hall–Kier alpha value is 0.360. The maximum Gasteiger partial charge on any atom is 0.0944 e. The molecule has 1 fully saturated rings. The third kappa shape index (κ3) is 132. The Morgan fingerprint density at radius 2 is 0.485 bits per heavy atom. The Balaban J connectivity index is -0.0000000662. The fourth-order valence-electron chi connectivity index (χ4n) is 8.86. The molecule has 0 aliphatic carbocycles. The van der Waals surface area contributed by atoms with Gasteiger partial charge in [0.15, 0.2) is 0 Å². The van der Waals surface area contributed by atoms with Crippen molar-refractivity contribution >= 4 is 60.4 Å². The van der Waals surface area contributed by atoms with Crippen molar-refractivity contribution in [1.29, 1.82) is 0 Å². The summed E-state index contributed by atoms with van der Waals surface area (Å²) in [6, 6.07) is 0. The zero-order chi connectivity index (χ0) is 79.1. The van der Waals surface area contributed by atoms with E-state index in [1.165, 1.54) is 99.8 Å². The van der Waals surface area contributed by atoms with E-state index in [1.54, 1.807) is 0 Å². The van der Waals surface area contributed by atoms with Crippen LogP contribution < -0.4 is 79.4 Å². The van der Waals surface area contributed by atoms with Crippen LogP contribution in [0.15, 0.2) is 0 Å². The van der Waals surface area contributed by atoms with E-state index >= 15 is 0 Å². The van der Waals surface area contributed by atoms with E-state index in [4.69, 9.17) is 111 Å². The highest BCUT2D eigenvalue weighted by Gasteiger charge is 2.20. The Kier molecular flexibility index (Phi) is 162. The van der Waals surface area contributed by atoms with Gasteiger partial charge in [-0.3, -0.25) is 0 Å². The van der Waals surface area contributed by atoms with Gasteiger partial charge >= 0.3 is 0 Å². The van der Waals surface area contributed by atoms with E-state index in [-0.39, 0.29) is 62.3 Å². The second kappa shape index (κ2) is 121. The Morgan fingerprint density at radius 3 is 0.573 bits per heavy atom. The van der Waals surface area contributed by atoms with Crippen molar-refractivity contribution < 1.29 is 85.8 Å². The van der Waals surface area contributed by atoms with Crippen molar-refractivity contribution in [3.63, 3.8) is 0 Å². The lowest BCUT2D eigenvalue weighted by Crippen LogP contribution is -2.38. The first-order valence-corrected chi connectivity index (χ1v) is 36.6. The van der Waals surface area contributed by atoms with E-state index in [1.807, 2.05) is 0 Å². The minimum absolute atomic E-state index is 0. The SMILES string of the molecule is C.CCC(CN)CC(C)CN.CCC(CN)CC(C)CN.CCC(CN)CC(C)CN.CCC(CN)CC(C)CN.CCC(CN)CC(C)CN.CCC(CN)CC(C)CNCC(O)CNCC(C)CC(CC)CN.COOO.COOO.COOO.COOO.COOO.Cl.Cl.ClCC1CO1.I. The summed E-state index contributed by atoms with van der Waals surface area (Å²) in [5, 5.41) is 67.8. The van der Waals surface area contributed by atoms with Crippen LogP contribution >= 0.6 is 60.4 Å². The lowest BCUT2D eigenvalue weighted by molar-refractivity contribution is -0.479. The molecule has 0 radical (unpaired) electrons. The molecule has 103 heavy (non-hydrogen) atoms. The van der Waals surface area contributed by atoms with Crippen LogP contribution in [0.3, 0.4) is 0 Å². The molecule has 648 valence electrons. The third-order valence-electron chi connectivity index (χ3n) is 16.2. The number of alkyl halides is 1. The molecule has 0 amide bonds. The maximum absolute atomic E-state index is 10.1. The molecule has 0 bridgehead atoms. The van der Waals surface area contributed by atoms with Crippen LogP contribution in [-0.2, 0) is 54.4 Å². The lowest BCUT2D eigenvalue weighted by atomic mass is 9.93. The molecule has 1 saturated heterocycles. The first-order valence-electron chi connectivity index (χ1n) is 36.1. The number of epoxide rings is 1. The maximum atomic E-state index is 10.1. The van der Waals surface area contributed by atoms with Gasteiger partial charge in [0.05, 0.1) is 60.2 Å². The fraction of sp³-hybridized carbons (Fsp3) is 1.00. The van der Waals surface area contributed by atoms with Crippen LogP contribution in [0.4, 0.5) is 0 Å². The second-order valence-electron chi connectivity index (χ2n) is 25.4. The summed E-state index contributed by atoms with van der Waals surface area (Å²) < 4.78 is 4.73. The largest absolute Gasteiger partial charge is 0.390 e. The molecule has 15 unspecified atom stereocenters. The molecule has 0 spiro atoms. The predicted octanol–water partition coefficient (Wildman–Crippen LogP) is 9.24. The molecule has 0 saturated carbocycles. The van der Waals surface area contributed by atoms with Crippen molar-refractivity contribution in [2.75, 3.05) is 153 Å². The number of nitrogens with two attached hydrogens (primary N) is 12. The lowest BCUT2D eigenvalue weighted by Gasteiger charge is -2.21. The minimum atomic E-state index is -0.336. The molecule has 1 rings (SSSR count). The number of aliphatic hydroxyl groups excluding tert-OH is 1. The van der Waals surface area contributed by atoms with Crippen LogP contribution in [0.2, 0.25) is 0 Å². The van der Waals surface area contributed by atoms with Gasteiger partial charge < -0.3 is 89.3 Å². The van der Waals surface area contributed by atoms with E-state index in [0.29, 0.717) is 108 Å². The number of ether oxygens (including phenoxy) is 1. The van der Waals surface area contributed by atoms with E-state index in [0.717, 1.165) is 124 Å². The van der Waals surface area contributed by atoms with E-state index in [2.05, 4.69) is 157 Å². The average Bonchev–Trinajstić information content (AvgIpc) is 1.87. The molecule has 1 aliphatic rings. The van der Waals surface area contributed by atoms with Crippen LogP contribution in [0, 0.1) is 82.9 Å². The third-order valence-corrected chi connectivity index (χ3v) is 16.6. The van der Waals surface area contributed by atoms with E-state index in [9.17, 15) is 5.11 Å². The smallest absolute Gasteiger partial charge is 0.0944 e. The molecular weight excluding hydrogens is 1520 g/mol. The summed E-state index contributed by atoms with van der Waals surface area (Å²) in [6.45, 7) is 44.3. The Morgan fingerprint density at radius 1 is 0.340 bits per heavy atom. The van der Waals surface area contributed by atoms with Crippen LogP contribution in [0.5, 0.6) is 0 Å². The van der Waals surface area contributed by atoms with Gasteiger partial charge in [-0.25, -0.2) is 50.7 Å². The first kappa shape index (κ1) is 139. The van der Waals surface area contributed by atoms with E-state index < -0.39 is 0 Å². The van der Waals surface area contributed by atoms with Crippen LogP contribution in [-0.4, -0.2) is 196 Å². The molecule has 35 heteroatoms. The number of halogens is 4. The summed E-state index contributed by atoms with van der Waals surface area (Å²) in [6.07, 6.45) is 16.5. The fourth-order valence-corrected chi connectivity index (χ4v) is 9.04. The molecule has 0 aromatic heterocycles. The standard InChI is InChI=1S/C19H44N4O.5C8H20N2.C3H5ClO.5CH4O3.CH4.2ClH.HI/c1-5-17(9-20)7-15(3)11-22-13-19(24)14-23-12-16(4)8-18(6-2)10-21;5*1-3-8(6-10)4-7(2)5-9;4-1-3-2-5-3;5*1-3-4-2;;;;/h15-19,22-24H,5-14,20-21H2,1-4H3;5*7-8H,3-6,9-10H2,1-2H3;3H,1-2H2;5*2H,1H3;1H4;3*1H. The molecule has 0 aromatic carbocycles. The molecular formula is C68H176Cl3IN14O17. The van der Waals surface area contributed by atoms with Gasteiger partial charge in [-0.15, -0.1) is 60.4 Å². The van der Waals surface area contributed by atoms with Gasteiger partial charge in [-0.2, -0.15) is 0 Å². The zero-order valence-electron chi connectivity index (χ0n) is 67.6. The number of aliphatic hydroxyl groups is 1. The summed E-state index contributed by atoms with van der Waals surface area (Å²) in [7, 11) is 6.04. The average molecular weight is 1700 g/mol. The normalized spacial score (nSPS) is 15.5.